The van der Waals surface area contributed by atoms with Gasteiger partial charge in [0.25, 0.3) is 0 Å². The molecule has 19 heavy (non-hydrogen) atoms. The van der Waals surface area contributed by atoms with Gasteiger partial charge in [0.1, 0.15) is 0 Å². The second kappa shape index (κ2) is 10.8. The summed E-state index contributed by atoms with van der Waals surface area (Å²) in [6.45, 7) is 4.55. The van der Waals surface area contributed by atoms with E-state index in [9.17, 15) is 0 Å². The third kappa shape index (κ3) is 7.20. The first kappa shape index (κ1) is 16.0. The van der Waals surface area contributed by atoms with Gasteiger partial charge in [0, 0.05) is 0 Å². The van der Waals surface area contributed by atoms with E-state index in [1.807, 2.05) is 0 Å². The molecule has 0 heterocycles. The van der Waals surface area contributed by atoms with Gasteiger partial charge in [-0.05, 0) is 36.8 Å². The van der Waals surface area contributed by atoms with Gasteiger partial charge in [-0.15, -0.1) is 0 Å². The number of benzene rings is 1. The first-order valence-corrected chi connectivity index (χ1v) is 8.13. The monoisotopic (exact) mass is 258 g/mol. The average molecular weight is 258 g/mol. The van der Waals surface area contributed by atoms with Crippen LogP contribution in [0.1, 0.15) is 77.2 Å². The number of hydrogen-bond donors (Lipinski definition) is 0. The SMILES string of the molecule is CCCCC/C=C(\CCCCCC)c1ccccc1. The van der Waals surface area contributed by atoms with Crippen LogP contribution in [0, 0.1) is 0 Å². The van der Waals surface area contributed by atoms with E-state index in [4.69, 9.17) is 0 Å². The van der Waals surface area contributed by atoms with Crippen molar-refractivity contribution in [3.63, 3.8) is 0 Å². The zero-order chi connectivity index (χ0) is 13.8. The minimum Gasteiger partial charge on any atom is -0.0807 e. The summed E-state index contributed by atoms with van der Waals surface area (Å²) >= 11 is 0. The molecule has 1 aromatic rings. The molecule has 0 aliphatic carbocycles. The first-order chi connectivity index (χ1) is 9.38. The molecule has 0 fully saturated rings. The van der Waals surface area contributed by atoms with Crippen LogP contribution < -0.4 is 0 Å². The van der Waals surface area contributed by atoms with Gasteiger partial charge >= 0.3 is 0 Å². The fourth-order valence-corrected chi connectivity index (χ4v) is 2.43. The van der Waals surface area contributed by atoms with E-state index in [1.54, 1.807) is 5.57 Å². The minimum absolute atomic E-state index is 1.24. The van der Waals surface area contributed by atoms with Crippen molar-refractivity contribution in [3.8, 4) is 0 Å². The summed E-state index contributed by atoms with van der Waals surface area (Å²) in [5.41, 5.74) is 2.99. The van der Waals surface area contributed by atoms with Crippen LogP contribution in [0.3, 0.4) is 0 Å². The topological polar surface area (TPSA) is 0 Å². The molecule has 0 aromatic heterocycles. The molecular formula is C19H30. The van der Waals surface area contributed by atoms with E-state index in [1.165, 1.54) is 63.4 Å². The van der Waals surface area contributed by atoms with E-state index >= 15 is 0 Å². The van der Waals surface area contributed by atoms with Crippen LogP contribution in [-0.4, -0.2) is 0 Å². The van der Waals surface area contributed by atoms with Crippen LogP contribution in [0.5, 0.6) is 0 Å². The summed E-state index contributed by atoms with van der Waals surface area (Å²) in [6, 6.07) is 10.9. The summed E-state index contributed by atoms with van der Waals surface area (Å²) < 4.78 is 0. The van der Waals surface area contributed by atoms with Crippen molar-refractivity contribution in [3.05, 3.63) is 42.0 Å². The van der Waals surface area contributed by atoms with Crippen molar-refractivity contribution < 1.29 is 0 Å². The molecule has 1 rings (SSSR count). The van der Waals surface area contributed by atoms with Gasteiger partial charge in [-0.25, -0.2) is 0 Å². The zero-order valence-electron chi connectivity index (χ0n) is 12.8. The molecule has 0 aliphatic heterocycles. The summed E-state index contributed by atoms with van der Waals surface area (Å²) in [5, 5.41) is 0. The Morgan fingerprint density at radius 3 is 2.21 bits per heavy atom. The summed E-state index contributed by atoms with van der Waals surface area (Å²) in [5.74, 6) is 0. The maximum atomic E-state index is 2.48. The van der Waals surface area contributed by atoms with Crippen LogP contribution in [0.15, 0.2) is 36.4 Å². The van der Waals surface area contributed by atoms with Crippen LogP contribution in [0.25, 0.3) is 5.57 Å². The van der Waals surface area contributed by atoms with Crippen molar-refractivity contribution in [1.82, 2.24) is 0 Å². The zero-order valence-corrected chi connectivity index (χ0v) is 12.8. The standard InChI is InChI=1S/C19H30/c1-3-5-7-10-14-18(15-11-8-6-4-2)19-16-12-9-13-17-19/h9,12-14,16-17H,3-8,10-11,15H2,1-2H3/b18-14+. The van der Waals surface area contributed by atoms with E-state index < -0.39 is 0 Å². The number of hydrogen-bond acceptors (Lipinski definition) is 0. The largest absolute Gasteiger partial charge is 0.0807 e. The molecule has 0 amide bonds. The Labute approximate surface area is 119 Å². The fraction of sp³-hybridized carbons (Fsp3) is 0.579. The molecule has 0 N–H and O–H groups in total. The number of rotatable bonds is 10. The lowest BCUT2D eigenvalue weighted by Crippen LogP contribution is -1.87. The second-order valence-electron chi connectivity index (χ2n) is 5.40. The highest BCUT2D eigenvalue weighted by atomic mass is 14.1. The van der Waals surface area contributed by atoms with Crippen molar-refractivity contribution >= 4 is 5.57 Å². The van der Waals surface area contributed by atoms with Crippen molar-refractivity contribution in [2.75, 3.05) is 0 Å². The van der Waals surface area contributed by atoms with Crippen LogP contribution >= 0.6 is 0 Å². The van der Waals surface area contributed by atoms with Gasteiger partial charge in [0.05, 0.1) is 0 Å². The third-order valence-electron chi connectivity index (χ3n) is 3.64. The Morgan fingerprint density at radius 2 is 1.53 bits per heavy atom. The number of unbranched alkanes of at least 4 members (excludes halogenated alkanes) is 6. The highest BCUT2D eigenvalue weighted by Gasteiger charge is 2.01. The maximum absolute atomic E-state index is 2.48. The van der Waals surface area contributed by atoms with Gasteiger partial charge in [-0.2, -0.15) is 0 Å². The predicted octanol–water partition coefficient (Wildman–Crippen LogP) is 6.62. The molecule has 0 nitrogen and oxygen atoms in total. The molecule has 0 atom stereocenters. The van der Waals surface area contributed by atoms with Gasteiger partial charge in [-0.3, -0.25) is 0 Å². The molecule has 0 heteroatoms. The molecule has 0 radical (unpaired) electrons. The molecule has 0 bridgehead atoms. The molecule has 0 spiro atoms. The summed E-state index contributed by atoms with van der Waals surface area (Å²) in [7, 11) is 0. The fourth-order valence-electron chi connectivity index (χ4n) is 2.43. The summed E-state index contributed by atoms with van der Waals surface area (Å²) in [4.78, 5) is 0. The van der Waals surface area contributed by atoms with E-state index in [2.05, 4.69) is 50.3 Å². The highest BCUT2D eigenvalue weighted by molar-refractivity contribution is 5.65. The van der Waals surface area contributed by atoms with E-state index in [0.717, 1.165) is 0 Å². The lowest BCUT2D eigenvalue weighted by Gasteiger charge is -2.08. The molecular weight excluding hydrogens is 228 g/mol. The Morgan fingerprint density at radius 1 is 0.842 bits per heavy atom. The van der Waals surface area contributed by atoms with Crippen molar-refractivity contribution in [2.45, 2.75) is 71.6 Å². The van der Waals surface area contributed by atoms with Crippen LogP contribution in [0.4, 0.5) is 0 Å². The number of allylic oxidation sites excluding steroid dienone is 2. The summed E-state index contributed by atoms with van der Waals surface area (Å²) in [6.07, 6.45) is 14.4. The highest BCUT2D eigenvalue weighted by Crippen LogP contribution is 2.22. The molecule has 0 unspecified atom stereocenters. The molecule has 0 saturated heterocycles. The molecule has 1 aromatic carbocycles. The van der Waals surface area contributed by atoms with Crippen molar-refractivity contribution in [2.24, 2.45) is 0 Å². The van der Waals surface area contributed by atoms with Gasteiger partial charge < -0.3 is 0 Å². The van der Waals surface area contributed by atoms with Crippen molar-refractivity contribution in [1.29, 1.82) is 0 Å². The molecule has 0 aliphatic rings. The average Bonchev–Trinajstić information content (AvgIpc) is 2.46. The van der Waals surface area contributed by atoms with Crippen LogP contribution in [0.2, 0.25) is 0 Å². The van der Waals surface area contributed by atoms with E-state index in [0.29, 0.717) is 0 Å². The lowest BCUT2D eigenvalue weighted by atomic mass is 9.97. The lowest BCUT2D eigenvalue weighted by molar-refractivity contribution is 0.677. The quantitative estimate of drug-likeness (QED) is 0.414. The first-order valence-electron chi connectivity index (χ1n) is 8.13. The third-order valence-corrected chi connectivity index (χ3v) is 3.64. The second-order valence-corrected chi connectivity index (χ2v) is 5.40. The van der Waals surface area contributed by atoms with Gasteiger partial charge in [-0.1, -0.05) is 82.4 Å². The minimum atomic E-state index is 1.24. The Balaban J connectivity index is 2.52. The van der Waals surface area contributed by atoms with E-state index in [-0.39, 0.29) is 0 Å². The maximum Gasteiger partial charge on any atom is -0.0228 e. The normalized spacial score (nSPS) is 11.8. The Bertz CT molecular complexity index is 334. The smallest absolute Gasteiger partial charge is 0.0228 e. The molecule has 106 valence electrons. The predicted molar refractivity (Wildman–Crippen MR) is 87.3 cm³/mol. The van der Waals surface area contributed by atoms with Gasteiger partial charge in [0.15, 0.2) is 0 Å². The van der Waals surface area contributed by atoms with Crippen LogP contribution in [-0.2, 0) is 0 Å². The van der Waals surface area contributed by atoms with Gasteiger partial charge in [0.2, 0.25) is 0 Å². The Hall–Kier alpha value is -1.04. The molecule has 0 saturated carbocycles. The Kier molecular flexibility index (Phi) is 9.14.